The smallest absolute Gasteiger partial charge is 0.321 e. The average molecular weight is 289 g/mol. The average Bonchev–Trinajstić information content (AvgIpc) is 3.07. The Morgan fingerprint density at radius 1 is 1.19 bits per heavy atom. The number of rotatable bonds is 2. The minimum atomic E-state index is 0.00611. The van der Waals surface area contributed by atoms with E-state index in [2.05, 4.69) is 17.3 Å². The number of nitrogens with zero attached hydrogens (tertiary/aromatic N) is 2. The van der Waals surface area contributed by atoms with Gasteiger partial charge in [0.2, 0.25) is 0 Å². The summed E-state index contributed by atoms with van der Waals surface area (Å²) in [4.78, 5) is 16.7. The van der Waals surface area contributed by atoms with Crippen molar-refractivity contribution in [2.24, 2.45) is 5.41 Å². The number of carbonyl (C=O) groups excluding carboxylic acids is 1. The monoisotopic (exact) mass is 289 g/mol. The van der Waals surface area contributed by atoms with E-state index in [1.54, 1.807) is 7.11 Å². The van der Waals surface area contributed by atoms with Crippen molar-refractivity contribution < 1.29 is 9.53 Å². The van der Waals surface area contributed by atoms with E-state index in [4.69, 9.17) is 4.74 Å². The zero-order valence-electron chi connectivity index (χ0n) is 12.8. The van der Waals surface area contributed by atoms with Crippen LogP contribution < -0.4 is 10.1 Å². The standard InChI is InChI=1S/C16H23N3O2/c1-18-9-7-16(11-18)8-10-19(12-16)15(20)17-13-3-5-14(21-2)6-4-13/h3-6H,7-12H2,1-2H3,(H,17,20). The molecule has 1 aromatic carbocycles. The van der Waals surface area contributed by atoms with Gasteiger partial charge in [0.15, 0.2) is 0 Å². The van der Waals surface area contributed by atoms with Gasteiger partial charge in [-0.1, -0.05) is 0 Å². The highest BCUT2D eigenvalue weighted by Gasteiger charge is 2.43. The number of likely N-dealkylation sites (tertiary alicyclic amines) is 2. The van der Waals surface area contributed by atoms with Crippen molar-refractivity contribution in [3.8, 4) is 5.75 Å². The molecule has 0 radical (unpaired) electrons. The molecule has 0 bridgehead atoms. The Kier molecular flexibility index (Phi) is 3.76. The van der Waals surface area contributed by atoms with Gasteiger partial charge >= 0.3 is 6.03 Å². The van der Waals surface area contributed by atoms with Crippen molar-refractivity contribution in [3.05, 3.63) is 24.3 Å². The van der Waals surface area contributed by atoms with Crippen LogP contribution in [0, 0.1) is 5.41 Å². The van der Waals surface area contributed by atoms with Crippen molar-refractivity contribution in [2.45, 2.75) is 12.8 Å². The quantitative estimate of drug-likeness (QED) is 0.908. The van der Waals surface area contributed by atoms with E-state index in [-0.39, 0.29) is 6.03 Å². The molecule has 2 fully saturated rings. The summed E-state index contributed by atoms with van der Waals surface area (Å²) in [5.41, 5.74) is 1.14. The summed E-state index contributed by atoms with van der Waals surface area (Å²) in [6, 6.07) is 7.45. The molecule has 1 N–H and O–H groups in total. The van der Waals surface area contributed by atoms with Gasteiger partial charge in [-0.2, -0.15) is 0 Å². The van der Waals surface area contributed by atoms with E-state index in [1.807, 2.05) is 29.2 Å². The predicted octanol–water partition coefficient (Wildman–Crippen LogP) is 2.25. The zero-order chi connectivity index (χ0) is 14.9. The van der Waals surface area contributed by atoms with Crippen molar-refractivity contribution in [3.63, 3.8) is 0 Å². The summed E-state index contributed by atoms with van der Waals surface area (Å²) in [5.74, 6) is 0.794. The van der Waals surface area contributed by atoms with Gasteiger partial charge in [0, 0.05) is 30.7 Å². The lowest BCUT2D eigenvalue weighted by Crippen LogP contribution is -2.36. The molecule has 3 rings (SSSR count). The van der Waals surface area contributed by atoms with Crippen molar-refractivity contribution >= 4 is 11.7 Å². The van der Waals surface area contributed by atoms with Crippen LogP contribution in [0.4, 0.5) is 10.5 Å². The van der Waals surface area contributed by atoms with Gasteiger partial charge in [-0.3, -0.25) is 0 Å². The molecule has 5 heteroatoms. The molecule has 2 heterocycles. The summed E-state index contributed by atoms with van der Waals surface area (Å²) in [6.45, 7) is 3.99. The minimum Gasteiger partial charge on any atom is -0.497 e. The number of anilines is 1. The summed E-state index contributed by atoms with van der Waals surface area (Å²) in [6.07, 6.45) is 2.32. The van der Waals surface area contributed by atoms with Gasteiger partial charge in [0.1, 0.15) is 5.75 Å². The van der Waals surface area contributed by atoms with Gasteiger partial charge in [0.05, 0.1) is 7.11 Å². The Morgan fingerprint density at radius 2 is 1.90 bits per heavy atom. The molecule has 1 aromatic rings. The third-order valence-electron chi connectivity index (χ3n) is 4.70. The highest BCUT2D eigenvalue weighted by atomic mass is 16.5. The van der Waals surface area contributed by atoms with Crippen molar-refractivity contribution in [2.75, 3.05) is 45.7 Å². The van der Waals surface area contributed by atoms with Crippen LogP contribution in [0.5, 0.6) is 5.75 Å². The SMILES string of the molecule is COc1ccc(NC(=O)N2CCC3(CCN(C)C3)C2)cc1. The van der Waals surface area contributed by atoms with Crippen molar-refractivity contribution in [1.82, 2.24) is 9.80 Å². The fraction of sp³-hybridized carbons (Fsp3) is 0.562. The van der Waals surface area contributed by atoms with Crippen LogP contribution in [0.2, 0.25) is 0 Å². The number of benzene rings is 1. The van der Waals surface area contributed by atoms with Crippen LogP contribution in [-0.4, -0.2) is 56.2 Å². The summed E-state index contributed by atoms with van der Waals surface area (Å²) >= 11 is 0. The molecular weight excluding hydrogens is 266 g/mol. The van der Waals surface area contributed by atoms with E-state index >= 15 is 0 Å². The Hall–Kier alpha value is -1.75. The van der Waals surface area contributed by atoms with Gasteiger partial charge in [-0.05, 0) is 50.7 Å². The van der Waals surface area contributed by atoms with Gasteiger partial charge in [-0.25, -0.2) is 4.79 Å². The Morgan fingerprint density at radius 3 is 2.52 bits per heavy atom. The van der Waals surface area contributed by atoms with E-state index < -0.39 is 0 Å². The number of ether oxygens (including phenoxy) is 1. The molecule has 114 valence electrons. The largest absolute Gasteiger partial charge is 0.497 e. The van der Waals surface area contributed by atoms with Crippen LogP contribution in [0.1, 0.15) is 12.8 Å². The molecular formula is C16H23N3O2. The molecule has 2 saturated heterocycles. The zero-order valence-corrected chi connectivity index (χ0v) is 12.8. The molecule has 0 aliphatic carbocycles. The van der Waals surface area contributed by atoms with Crippen LogP contribution in [0.15, 0.2) is 24.3 Å². The molecule has 0 saturated carbocycles. The summed E-state index contributed by atoms with van der Waals surface area (Å²) in [7, 11) is 3.80. The molecule has 21 heavy (non-hydrogen) atoms. The fourth-order valence-electron chi connectivity index (χ4n) is 3.48. The minimum absolute atomic E-state index is 0.00611. The Balaban J connectivity index is 1.58. The van der Waals surface area contributed by atoms with Crippen molar-refractivity contribution in [1.29, 1.82) is 0 Å². The van der Waals surface area contributed by atoms with E-state index in [0.717, 1.165) is 44.0 Å². The van der Waals surface area contributed by atoms with Gasteiger partial charge < -0.3 is 19.9 Å². The third kappa shape index (κ3) is 2.97. The van der Waals surface area contributed by atoms with E-state index in [0.29, 0.717) is 5.41 Å². The van der Waals surface area contributed by atoms with Gasteiger partial charge in [-0.15, -0.1) is 0 Å². The lowest BCUT2D eigenvalue weighted by atomic mass is 9.86. The molecule has 1 spiro atoms. The number of hydrogen-bond donors (Lipinski definition) is 1. The lowest BCUT2D eigenvalue weighted by Gasteiger charge is -2.24. The first-order valence-electron chi connectivity index (χ1n) is 7.49. The third-order valence-corrected chi connectivity index (χ3v) is 4.70. The van der Waals surface area contributed by atoms with Crippen LogP contribution in [-0.2, 0) is 0 Å². The van der Waals surface area contributed by atoms with Crippen LogP contribution >= 0.6 is 0 Å². The second-order valence-electron chi connectivity index (χ2n) is 6.32. The highest BCUT2D eigenvalue weighted by molar-refractivity contribution is 5.89. The fourth-order valence-corrected chi connectivity index (χ4v) is 3.48. The number of carbonyl (C=O) groups is 1. The summed E-state index contributed by atoms with van der Waals surface area (Å²) < 4.78 is 5.12. The first-order valence-corrected chi connectivity index (χ1v) is 7.49. The maximum absolute atomic E-state index is 12.4. The number of amides is 2. The Bertz CT molecular complexity index is 517. The molecule has 0 aromatic heterocycles. The first-order chi connectivity index (χ1) is 10.1. The highest BCUT2D eigenvalue weighted by Crippen LogP contribution is 2.38. The van der Waals surface area contributed by atoms with E-state index in [9.17, 15) is 4.79 Å². The number of methoxy groups -OCH3 is 1. The molecule has 5 nitrogen and oxygen atoms in total. The molecule has 1 unspecified atom stereocenters. The maximum Gasteiger partial charge on any atom is 0.321 e. The second kappa shape index (κ2) is 5.56. The molecule has 1 atom stereocenters. The first kappa shape index (κ1) is 14.2. The van der Waals surface area contributed by atoms with Crippen LogP contribution in [0.3, 0.4) is 0 Å². The molecule has 2 aliphatic heterocycles. The topological polar surface area (TPSA) is 44.8 Å². The van der Waals surface area contributed by atoms with Gasteiger partial charge in [0.25, 0.3) is 0 Å². The normalized spacial score (nSPS) is 25.5. The maximum atomic E-state index is 12.4. The predicted molar refractivity (Wildman–Crippen MR) is 82.7 cm³/mol. The lowest BCUT2D eigenvalue weighted by molar-refractivity contribution is 0.212. The van der Waals surface area contributed by atoms with Crippen LogP contribution in [0.25, 0.3) is 0 Å². The molecule has 2 amide bonds. The number of hydrogen-bond acceptors (Lipinski definition) is 3. The second-order valence-corrected chi connectivity index (χ2v) is 6.32. The molecule has 2 aliphatic rings. The summed E-state index contributed by atoms with van der Waals surface area (Å²) in [5, 5.41) is 2.97. The number of urea groups is 1. The Labute approximate surface area is 125 Å². The number of nitrogens with one attached hydrogen (secondary N) is 1. The van der Waals surface area contributed by atoms with E-state index in [1.165, 1.54) is 6.42 Å².